The van der Waals surface area contributed by atoms with E-state index in [1.807, 2.05) is 18.2 Å². The molecular formula is C13H18N2O2. The molecule has 1 saturated heterocycles. The predicted octanol–water partition coefficient (Wildman–Crippen LogP) is 1.28. The number of likely N-dealkylation sites (tertiary alicyclic amines) is 1. The highest BCUT2D eigenvalue weighted by Gasteiger charge is 2.34. The lowest BCUT2D eigenvalue weighted by atomic mass is 9.87. The smallest absolute Gasteiger partial charge is 0.306 e. The molecule has 2 rings (SSSR count). The largest absolute Gasteiger partial charge is 0.481 e. The van der Waals surface area contributed by atoms with Crippen molar-refractivity contribution in [1.82, 2.24) is 9.88 Å². The van der Waals surface area contributed by atoms with E-state index in [9.17, 15) is 4.79 Å². The minimum atomic E-state index is -0.681. The third-order valence-corrected chi connectivity index (χ3v) is 3.49. The van der Waals surface area contributed by atoms with Crippen molar-refractivity contribution in [2.45, 2.75) is 13.3 Å². The fraction of sp³-hybridized carbons (Fsp3) is 0.538. The molecule has 92 valence electrons. The fourth-order valence-corrected chi connectivity index (χ4v) is 2.13. The molecule has 0 spiro atoms. The van der Waals surface area contributed by atoms with Gasteiger partial charge in [-0.05, 0) is 18.1 Å². The number of hydrogen-bond donors (Lipinski definition) is 1. The Bertz CT molecular complexity index is 374. The molecule has 0 bridgehead atoms. The van der Waals surface area contributed by atoms with Crippen LogP contribution in [0.4, 0.5) is 0 Å². The molecule has 1 aliphatic heterocycles. The van der Waals surface area contributed by atoms with Gasteiger partial charge in [0.15, 0.2) is 0 Å². The zero-order chi connectivity index (χ0) is 12.3. The molecule has 1 aliphatic rings. The first-order chi connectivity index (χ1) is 8.16. The summed E-state index contributed by atoms with van der Waals surface area (Å²) in [5.74, 6) is -0.586. The van der Waals surface area contributed by atoms with E-state index in [1.165, 1.54) is 0 Å². The summed E-state index contributed by atoms with van der Waals surface area (Å²) in [5, 5.41) is 8.88. The monoisotopic (exact) mass is 234 g/mol. The first-order valence-corrected chi connectivity index (χ1v) is 6.02. The highest BCUT2D eigenvalue weighted by molar-refractivity contribution is 5.70. The predicted molar refractivity (Wildman–Crippen MR) is 64.7 cm³/mol. The van der Waals surface area contributed by atoms with Crippen LogP contribution in [0.5, 0.6) is 0 Å². The Morgan fingerprint density at radius 3 is 2.94 bits per heavy atom. The minimum absolute atomic E-state index is 0.221. The van der Waals surface area contributed by atoms with Gasteiger partial charge in [-0.2, -0.15) is 0 Å². The number of rotatable bonds is 5. The van der Waals surface area contributed by atoms with Gasteiger partial charge in [0.2, 0.25) is 0 Å². The van der Waals surface area contributed by atoms with Crippen LogP contribution in [0.25, 0.3) is 0 Å². The van der Waals surface area contributed by atoms with E-state index in [4.69, 9.17) is 5.11 Å². The SMILES string of the molecule is CC(C(=O)O)C1CN(CCc2ccccn2)C1. The molecule has 1 N–H and O–H groups in total. The van der Waals surface area contributed by atoms with Crippen molar-refractivity contribution in [3.8, 4) is 0 Å². The zero-order valence-electron chi connectivity index (χ0n) is 10.0. The maximum Gasteiger partial charge on any atom is 0.306 e. The second kappa shape index (κ2) is 5.27. The Balaban J connectivity index is 1.70. The Kier molecular flexibility index (Phi) is 3.74. The molecule has 0 amide bonds. The Hall–Kier alpha value is -1.42. The second-order valence-corrected chi connectivity index (χ2v) is 4.72. The number of pyridine rings is 1. The normalized spacial score (nSPS) is 18.6. The van der Waals surface area contributed by atoms with E-state index in [0.717, 1.165) is 31.7 Å². The second-order valence-electron chi connectivity index (χ2n) is 4.72. The number of carboxylic acid groups (broad SMARTS) is 1. The average molecular weight is 234 g/mol. The highest BCUT2D eigenvalue weighted by atomic mass is 16.4. The van der Waals surface area contributed by atoms with Crippen LogP contribution >= 0.6 is 0 Å². The summed E-state index contributed by atoms with van der Waals surface area (Å²) < 4.78 is 0. The molecule has 4 heteroatoms. The minimum Gasteiger partial charge on any atom is -0.481 e. The molecule has 0 aromatic carbocycles. The van der Waals surface area contributed by atoms with Gasteiger partial charge in [-0.3, -0.25) is 9.78 Å². The van der Waals surface area contributed by atoms with E-state index in [1.54, 1.807) is 13.1 Å². The molecule has 17 heavy (non-hydrogen) atoms. The average Bonchev–Trinajstić information content (AvgIpc) is 2.28. The molecule has 1 atom stereocenters. The summed E-state index contributed by atoms with van der Waals surface area (Å²) in [5.41, 5.74) is 1.10. The maximum absolute atomic E-state index is 10.8. The van der Waals surface area contributed by atoms with Gasteiger partial charge in [-0.15, -0.1) is 0 Å². The highest BCUT2D eigenvalue weighted by Crippen LogP contribution is 2.23. The number of carbonyl (C=O) groups is 1. The molecule has 1 fully saturated rings. The van der Waals surface area contributed by atoms with E-state index in [0.29, 0.717) is 5.92 Å². The fourth-order valence-electron chi connectivity index (χ4n) is 2.13. The molecule has 1 aromatic heterocycles. The van der Waals surface area contributed by atoms with Crippen molar-refractivity contribution in [1.29, 1.82) is 0 Å². The number of aromatic nitrogens is 1. The van der Waals surface area contributed by atoms with Crippen molar-refractivity contribution in [3.05, 3.63) is 30.1 Å². The van der Waals surface area contributed by atoms with E-state index in [-0.39, 0.29) is 5.92 Å². The standard InChI is InChI=1S/C13H18N2O2/c1-10(13(16)17)11-8-15(9-11)7-5-12-4-2-3-6-14-12/h2-4,6,10-11H,5,7-9H2,1H3,(H,16,17). The summed E-state index contributed by atoms with van der Waals surface area (Å²) >= 11 is 0. The number of nitrogens with zero attached hydrogens (tertiary/aromatic N) is 2. The first-order valence-electron chi connectivity index (χ1n) is 6.02. The van der Waals surface area contributed by atoms with Gasteiger partial charge in [-0.25, -0.2) is 0 Å². The maximum atomic E-state index is 10.8. The summed E-state index contributed by atoms with van der Waals surface area (Å²) in [6.45, 7) is 4.57. The number of hydrogen-bond acceptors (Lipinski definition) is 3. The van der Waals surface area contributed by atoms with Gasteiger partial charge >= 0.3 is 5.97 Å². The Labute approximate surface area is 101 Å². The van der Waals surface area contributed by atoms with Crippen molar-refractivity contribution in [2.75, 3.05) is 19.6 Å². The number of aliphatic carboxylic acids is 1. The zero-order valence-corrected chi connectivity index (χ0v) is 10.0. The molecule has 0 aliphatic carbocycles. The van der Waals surface area contributed by atoms with E-state index < -0.39 is 5.97 Å². The van der Waals surface area contributed by atoms with Crippen LogP contribution in [-0.4, -0.2) is 40.6 Å². The van der Waals surface area contributed by atoms with Gasteiger partial charge in [0.25, 0.3) is 0 Å². The van der Waals surface area contributed by atoms with Crippen LogP contribution in [0.3, 0.4) is 0 Å². The third kappa shape index (κ3) is 3.03. The van der Waals surface area contributed by atoms with Gasteiger partial charge < -0.3 is 10.0 Å². The van der Waals surface area contributed by atoms with Gasteiger partial charge in [-0.1, -0.05) is 13.0 Å². The van der Waals surface area contributed by atoms with Crippen molar-refractivity contribution >= 4 is 5.97 Å². The van der Waals surface area contributed by atoms with Crippen LogP contribution in [0.15, 0.2) is 24.4 Å². The summed E-state index contributed by atoms with van der Waals surface area (Å²) in [7, 11) is 0. The van der Waals surface area contributed by atoms with E-state index >= 15 is 0 Å². The lowest BCUT2D eigenvalue weighted by molar-refractivity contribution is -0.145. The lowest BCUT2D eigenvalue weighted by Crippen LogP contribution is -2.51. The van der Waals surface area contributed by atoms with Crippen LogP contribution in [0, 0.1) is 11.8 Å². The van der Waals surface area contributed by atoms with Crippen LogP contribution in [0.1, 0.15) is 12.6 Å². The third-order valence-electron chi connectivity index (χ3n) is 3.49. The van der Waals surface area contributed by atoms with Gasteiger partial charge in [0.05, 0.1) is 5.92 Å². The van der Waals surface area contributed by atoms with Crippen molar-refractivity contribution in [3.63, 3.8) is 0 Å². The molecule has 0 radical (unpaired) electrons. The molecule has 4 nitrogen and oxygen atoms in total. The topological polar surface area (TPSA) is 53.4 Å². The first kappa shape index (κ1) is 12.0. The van der Waals surface area contributed by atoms with Gasteiger partial charge in [0, 0.05) is 37.9 Å². The number of carboxylic acids is 1. The molecule has 0 saturated carbocycles. The van der Waals surface area contributed by atoms with Gasteiger partial charge in [0.1, 0.15) is 0 Å². The lowest BCUT2D eigenvalue weighted by Gasteiger charge is -2.41. The van der Waals surface area contributed by atoms with Crippen LogP contribution in [-0.2, 0) is 11.2 Å². The molecule has 1 unspecified atom stereocenters. The van der Waals surface area contributed by atoms with E-state index in [2.05, 4.69) is 9.88 Å². The Morgan fingerprint density at radius 1 is 1.59 bits per heavy atom. The van der Waals surface area contributed by atoms with Crippen molar-refractivity contribution in [2.24, 2.45) is 11.8 Å². The van der Waals surface area contributed by atoms with Crippen LogP contribution in [0.2, 0.25) is 0 Å². The summed E-state index contributed by atoms with van der Waals surface area (Å²) in [4.78, 5) is 17.4. The Morgan fingerprint density at radius 2 is 2.35 bits per heavy atom. The molecular weight excluding hydrogens is 216 g/mol. The molecule has 2 heterocycles. The molecule has 1 aromatic rings. The summed E-state index contributed by atoms with van der Waals surface area (Å²) in [6.07, 6.45) is 2.75. The quantitative estimate of drug-likeness (QED) is 0.833. The van der Waals surface area contributed by atoms with Crippen molar-refractivity contribution < 1.29 is 9.90 Å². The summed E-state index contributed by atoms with van der Waals surface area (Å²) in [6, 6.07) is 5.93. The van der Waals surface area contributed by atoms with Crippen LogP contribution < -0.4 is 0 Å².